The lowest BCUT2D eigenvalue weighted by molar-refractivity contribution is 0.338. The summed E-state index contributed by atoms with van der Waals surface area (Å²) in [4.78, 5) is 13.5. The lowest BCUT2D eigenvalue weighted by Crippen LogP contribution is -2.43. The predicted octanol–water partition coefficient (Wildman–Crippen LogP) is 4.52. The molecule has 0 aromatic heterocycles. The average Bonchev–Trinajstić information content (AvgIpc) is 2.62. The monoisotopic (exact) mass is 351 g/mol. The zero-order valence-electron chi connectivity index (χ0n) is 16.4. The number of carbonyl (C=O) groups excluding carboxylic acids is 1. The molecule has 1 rings (SSSR count). The van der Waals surface area contributed by atoms with Crippen LogP contribution in [0.15, 0.2) is 78.8 Å². The van der Waals surface area contributed by atoms with E-state index in [9.17, 15) is 4.79 Å². The molecule has 1 N–H and O–H groups in total. The molecule has 0 fully saturated rings. The van der Waals surface area contributed by atoms with Gasteiger partial charge in [0.2, 0.25) is 5.82 Å². The number of nitrogens with one attached hydrogen (secondary N) is 1. The van der Waals surface area contributed by atoms with Gasteiger partial charge in [0, 0.05) is 13.2 Å². The molecule has 0 heterocycles. The van der Waals surface area contributed by atoms with E-state index in [4.69, 9.17) is 0 Å². The maximum atomic E-state index is 11.6. The number of anilines is 1. The third kappa shape index (κ3) is 5.54. The van der Waals surface area contributed by atoms with Crippen LogP contribution >= 0.6 is 0 Å². The van der Waals surface area contributed by atoms with E-state index in [0.717, 1.165) is 16.8 Å². The van der Waals surface area contributed by atoms with Crippen molar-refractivity contribution >= 4 is 11.6 Å². The molecule has 26 heavy (non-hydrogen) atoms. The standard InChI is InChI=1S/C22H29N3O/c1-8-12-20(15-17(3)4)19(6)24(7)22(16-26)23-25(9-2)21-14-11-10-13-18(21)5/h8-15,19,23H,1-2H2,3-7H3/b20-12+. The summed E-state index contributed by atoms with van der Waals surface area (Å²) < 4.78 is 0. The summed E-state index contributed by atoms with van der Waals surface area (Å²) in [6.45, 7) is 15.7. The summed E-state index contributed by atoms with van der Waals surface area (Å²) in [6.07, 6.45) is 7.41. The molecule has 1 unspecified atom stereocenters. The number of rotatable bonds is 9. The second-order valence-corrected chi connectivity index (χ2v) is 6.31. The van der Waals surface area contributed by atoms with Crippen LogP contribution in [0.1, 0.15) is 26.3 Å². The van der Waals surface area contributed by atoms with Gasteiger partial charge in [-0.05, 0) is 44.9 Å². The smallest absolute Gasteiger partial charge is 0.208 e. The second kappa shape index (κ2) is 10.1. The number of hydrazine groups is 1. The van der Waals surface area contributed by atoms with Crippen molar-refractivity contribution in [1.82, 2.24) is 10.3 Å². The fraction of sp³-hybridized carbons (Fsp3) is 0.273. The van der Waals surface area contributed by atoms with Crippen LogP contribution < -0.4 is 10.4 Å². The van der Waals surface area contributed by atoms with Crippen molar-refractivity contribution in [3.05, 3.63) is 84.4 Å². The number of para-hydroxylation sites is 1. The Balaban J connectivity index is 3.10. The van der Waals surface area contributed by atoms with Crippen molar-refractivity contribution < 1.29 is 4.79 Å². The van der Waals surface area contributed by atoms with Crippen molar-refractivity contribution in [2.45, 2.75) is 33.7 Å². The van der Waals surface area contributed by atoms with Crippen LogP contribution in [-0.4, -0.2) is 23.9 Å². The molecule has 0 amide bonds. The van der Waals surface area contributed by atoms with E-state index >= 15 is 0 Å². The van der Waals surface area contributed by atoms with Gasteiger partial charge in [-0.25, -0.2) is 4.79 Å². The SMILES string of the molecule is C=C/C=C(\C=C(C)C)C(C)N(C)C(=C=O)NN(C=C)c1ccccc1C. The van der Waals surface area contributed by atoms with Gasteiger partial charge in [-0.2, -0.15) is 0 Å². The maximum Gasteiger partial charge on any atom is 0.208 e. The highest BCUT2D eigenvalue weighted by molar-refractivity contribution is 5.57. The van der Waals surface area contributed by atoms with Crippen LogP contribution in [0.25, 0.3) is 0 Å². The van der Waals surface area contributed by atoms with E-state index in [1.807, 2.05) is 75.9 Å². The lowest BCUT2D eigenvalue weighted by atomic mass is 10.0. The van der Waals surface area contributed by atoms with Crippen LogP contribution in [0.3, 0.4) is 0 Å². The number of nitrogens with zero attached hydrogens (tertiary/aromatic N) is 2. The van der Waals surface area contributed by atoms with Gasteiger partial charge in [0.25, 0.3) is 0 Å². The minimum absolute atomic E-state index is 0.0459. The second-order valence-electron chi connectivity index (χ2n) is 6.31. The van der Waals surface area contributed by atoms with Crippen LogP contribution in [0.4, 0.5) is 5.69 Å². The highest BCUT2D eigenvalue weighted by atomic mass is 16.1. The van der Waals surface area contributed by atoms with Crippen molar-refractivity contribution in [3.63, 3.8) is 0 Å². The summed E-state index contributed by atoms with van der Waals surface area (Å²) in [7, 11) is 1.85. The third-order valence-corrected chi connectivity index (χ3v) is 4.06. The summed E-state index contributed by atoms with van der Waals surface area (Å²) in [5.74, 6) is 2.32. The molecule has 138 valence electrons. The van der Waals surface area contributed by atoms with E-state index in [0.29, 0.717) is 5.82 Å². The van der Waals surface area contributed by atoms with Crippen molar-refractivity contribution in [3.8, 4) is 0 Å². The summed E-state index contributed by atoms with van der Waals surface area (Å²) in [6, 6.07) is 7.83. The van der Waals surface area contributed by atoms with Crippen molar-refractivity contribution in [1.29, 1.82) is 0 Å². The lowest BCUT2D eigenvalue weighted by Gasteiger charge is -2.32. The van der Waals surface area contributed by atoms with E-state index in [1.165, 1.54) is 5.57 Å². The van der Waals surface area contributed by atoms with Gasteiger partial charge >= 0.3 is 0 Å². The molecule has 1 aromatic carbocycles. The Morgan fingerprint density at radius 3 is 2.42 bits per heavy atom. The van der Waals surface area contributed by atoms with Gasteiger partial charge in [0.1, 0.15) is 0 Å². The number of allylic oxidation sites excluding steroid dienone is 3. The molecule has 0 bridgehead atoms. The molecule has 4 heteroatoms. The topological polar surface area (TPSA) is 35.6 Å². The zero-order chi connectivity index (χ0) is 19.7. The molecular formula is C22H29N3O. The molecule has 0 saturated carbocycles. The molecule has 0 aliphatic heterocycles. The molecule has 0 aliphatic carbocycles. The van der Waals surface area contributed by atoms with Crippen molar-refractivity contribution in [2.75, 3.05) is 12.1 Å². The first-order valence-corrected chi connectivity index (χ1v) is 8.55. The summed E-state index contributed by atoms with van der Waals surface area (Å²) in [5.41, 5.74) is 7.32. The predicted molar refractivity (Wildman–Crippen MR) is 111 cm³/mol. The zero-order valence-corrected chi connectivity index (χ0v) is 16.4. The van der Waals surface area contributed by atoms with Crippen LogP contribution in [-0.2, 0) is 4.79 Å². The number of aryl methyl sites for hydroxylation is 1. The van der Waals surface area contributed by atoms with E-state index in [1.54, 1.807) is 17.3 Å². The Morgan fingerprint density at radius 2 is 1.92 bits per heavy atom. The van der Waals surface area contributed by atoms with Gasteiger partial charge in [-0.1, -0.05) is 55.2 Å². The van der Waals surface area contributed by atoms with Gasteiger partial charge in [-0.15, -0.1) is 0 Å². The van der Waals surface area contributed by atoms with Gasteiger partial charge < -0.3 is 4.90 Å². The number of hydrogen-bond acceptors (Lipinski definition) is 4. The number of benzene rings is 1. The Morgan fingerprint density at radius 1 is 1.27 bits per heavy atom. The van der Waals surface area contributed by atoms with Crippen LogP contribution in [0.5, 0.6) is 0 Å². The third-order valence-electron chi connectivity index (χ3n) is 4.06. The first kappa shape index (κ1) is 21.1. The Bertz CT molecular complexity index is 750. The Labute approximate surface area is 157 Å². The highest BCUT2D eigenvalue weighted by Crippen LogP contribution is 2.20. The Hall–Kier alpha value is -2.97. The fourth-order valence-corrected chi connectivity index (χ4v) is 2.52. The van der Waals surface area contributed by atoms with E-state index < -0.39 is 0 Å². The number of hydrogen-bond donors (Lipinski definition) is 1. The minimum atomic E-state index is -0.0459. The maximum absolute atomic E-state index is 11.6. The van der Waals surface area contributed by atoms with Crippen LogP contribution in [0, 0.1) is 6.92 Å². The minimum Gasteiger partial charge on any atom is -0.344 e. The average molecular weight is 351 g/mol. The Kier molecular flexibility index (Phi) is 8.20. The molecule has 0 saturated heterocycles. The molecule has 0 spiro atoms. The molecule has 1 aromatic rings. The molecule has 1 atom stereocenters. The molecule has 0 radical (unpaired) electrons. The summed E-state index contributed by atoms with van der Waals surface area (Å²) in [5, 5.41) is 1.72. The fourth-order valence-electron chi connectivity index (χ4n) is 2.52. The molecular weight excluding hydrogens is 322 g/mol. The van der Waals surface area contributed by atoms with E-state index in [2.05, 4.69) is 24.7 Å². The quantitative estimate of drug-likeness (QED) is 0.403. The van der Waals surface area contributed by atoms with Gasteiger partial charge in [-0.3, -0.25) is 10.4 Å². The highest BCUT2D eigenvalue weighted by Gasteiger charge is 2.18. The van der Waals surface area contributed by atoms with E-state index in [-0.39, 0.29) is 6.04 Å². The normalized spacial score (nSPS) is 11.7. The van der Waals surface area contributed by atoms with Crippen LogP contribution in [0.2, 0.25) is 0 Å². The summed E-state index contributed by atoms with van der Waals surface area (Å²) >= 11 is 0. The molecule has 0 aliphatic rings. The van der Waals surface area contributed by atoms with Crippen molar-refractivity contribution in [2.24, 2.45) is 0 Å². The largest absolute Gasteiger partial charge is 0.344 e. The van der Waals surface area contributed by atoms with Gasteiger partial charge in [0.05, 0.1) is 11.7 Å². The first-order valence-electron chi connectivity index (χ1n) is 8.55. The number of likely N-dealkylation sites (N-methyl/N-ethyl adjacent to an activating group) is 1. The van der Waals surface area contributed by atoms with Gasteiger partial charge in [0.15, 0.2) is 5.94 Å². The molecule has 4 nitrogen and oxygen atoms in total. The first-order chi connectivity index (χ1) is 12.3.